The van der Waals surface area contributed by atoms with Crippen molar-refractivity contribution in [2.45, 2.75) is 52.0 Å². The summed E-state index contributed by atoms with van der Waals surface area (Å²) in [4.78, 5) is 1.42. The minimum absolute atomic E-state index is 0.243. The van der Waals surface area contributed by atoms with Crippen LogP contribution in [0.3, 0.4) is 0 Å². The molecule has 0 fully saturated rings. The van der Waals surface area contributed by atoms with Crippen molar-refractivity contribution < 1.29 is 13.2 Å². The topological polar surface area (TPSA) is 29.3 Å². The number of benzene rings is 1. The summed E-state index contributed by atoms with van der Waals surface area (Å²) in [5.74, 6) is 0. The molecule has 0 heterocycles. The quantitative estimate of drug-likeness (QED) is 0.896. The molecule has 0 radical (unpaired) electrons. The Morgan fingerprint density at radius 3 is 2.10 bits per heavy atom. The second kappa shape index (κ2) is 6.59. The number of alkyl halides is 3. The van der Waals surface area contributed by atoms with E-state index in [-0.39, 0.29) is 12.1 Å². The van der Waals surface area contributed by atoms with Gasteiger partial charge in [0, 0.05) is 12.1 Å². The van der Waals surface area contributed by atoms with Gasteiger partial charge >= 0.3 is 6.18 Å². The van der Waals surface area contributed by atoms with Crippen molar-refractivity contribution in [1.82, 2.24) is 4.90 Å². The second-order valence-electron chi connectivity index (χ2n) is 5.54. The third-order valence-corrected chi connectivity index (χ3v) is 3.39. The zero-order valence-electron chi connectivity index (χ0n) is 12.4. The molecule has 0 spiro atoms. The van der Waals surface area contributed by atoms with Crippen LogP contribution >= 0.6 is 0 Å². The lowest BCUT2D eigenvalue weighted by Gasteiger charge is -2.38. The largest absolute Gasteiger partial charge is 0.401 e. The van der Waals surface area contributed by atoms with Gasteiger partial charge < -0.3 is 5.73 Å². The van der Waals surface area contributed by atoms with Gasteiger partial charge in [0.25, 0.3) is 0 Å². The highest BCUT2D eigenvalue weighted by Crippen LogP contribution is 2.31. The second-order valence-corrected chi connectivity index (χ2v) is 5.54. The van der Waals surface area contributed by atoms with Gasteiger partial charge in [-0.3, -0.25) is 4.90 Å². The van der Waals surface area contributed by atoms with Crippen molar-refractivity contribution in [3.05, 3.63) is 35.4 Å². The van der Waals surface area contributed by atoms with Gasteiger partial charge in [-0.25, -0.2) is 0 Å². The lowest BCUT2D eigenvalue weighted by Crippen LogP contribution is -2.47. The van der Waals surface area contributed by atoms with Gasteiger partial charge in [-0.1, -0.05) is 24.3 Å². The van der Waals surface area contributed by atoms with Gasteiger partial charge in [0.05, 0.1) is 12.6 Å². The Bertz CT molecular complexity index is 427. The lowest BCUT2D eigenvalue weighted by molar-refractivity contribution is -0.156. The van der Waals surface area contributed by atoms with Gasteiger partial charge in [-0.05, 0) is 38.8 Å². The smallest absolute Gasteiger partial charge is 0.326 e. The van der Waals surface area contributed by atoms with Crippen molar-refractivity contribution in [2.75, 3.05) is 6.54 Å². The zero-order chi connectivity index (χ0) is 15.5. The van der Waals surface area contributed by atoms with Crippen LogP contribution in [-0.4, -0.2) is 29.7 Å². The third-order valence-electron chi connectivity index (χ3n) is 3.39. The van der Waals surface area contributed by atoms with E-state index in [1.165, 1.54) is 4.90 Å². The zero-order valence-corrected chi connectivity index (χ0v) is 12.4. The summed E-state index contributed by atoms with van der Waals surface area (Å²) in [6.07, 6.45) is -4.24. The number of halogens is 3. The fraction of sp³-hybridized carbons (Fsp3) is 0.600. The van der Waals surface area contributed by atoms with Gasteiger partial charge in [0.2, 0.25) is 0 Å². The molecule has 2 nitrogen and oxygen atoms in total. The summed E-state index contributed by atoms with van der Waals surface area (Å²) in [6.45, 7) is 6.23. The third kappa shape index (κ3) is 4.49. The summed E-state index contributed by atoms with van der Waals surface area (Å²) in [5.41, 5.74) is 7.81. The van der Waals surface area contributed by atoms with Crippen LogP contribution in [0.4, 0.5) is 13.2 Å². The number of hydrogen-bond acceptors (Lipinski definition) is 2. The first-order valence-electron chi connectivity index (χ1n) is 6.77. The highest BCUT2D eigenvalue weighted by Gasteiger charge is 2.37. The molecule has 2 N–H and O–H groups in total. The Hall–Kier alpha value is -1.07. The van der Waals surface area contributed by atoms with E-state index in [4.69, 9.17) is 5.73 Å². The average Bonchev–Trinajstić information content (AvgIpc) is 2.28. The summed E-state index contributed by atoms with van der Waals surface area (Å²) in [7, 11) is 0. The van der Waals surface area contributed by atoms with Crippen LogP contribution < -0.4 is 5.73 Å². The molecule has 2 atom stereocenters. The Labute approximate surface area is 118 Å². The van der Waals surface area contributed by atoms with E-state index >= 15 is 0 Å². The summed E-state index contributed by atoms with van der Waals surface area (Å²) >= 11 is 0. The molecule has 0 saturated heterocycles. The van der Waals surface area contributed by atoms with E-state index in [0.717, 1.165) is 11.1 Å². The SMILES string of the molecule is Cc1ccccc1C(C(C)N)N(CC(F)(F)F)C(C)C. The molecule has 2 unspecified atom stereocenters. The Kier molecular flexibility index (Phi) is 5.59. The predicted molar refractivity (Wildman–Crippen MR) is 75.5 cm³/mol. The van der Waals surface area contributed by atoms with Crippen LogP contribution in [0.5, 0.6) is 0 Å². The average molecular weight is 288 g/mol. The Morgan fingerprint density at radius 2 is 1.70 bits per heavy atom. The van der Waals surface area contributed by atoms with E-state index < -0.39 is 18.8 Å². The Morgan fingerprint density at radius 1 is 1.15 bits per heavy atom. The lowest BCUT2D eigenvalue weighted by atomic mass is 9.94. The number of aryl methyl sites for hydroxylation is 1. The van der Waals surface area contributed by atoms with Crippen LogP contribution in [0.1, 0.15) is 37.9 Å². The molecule has 5 heteroatoms. The summed E-state index contributed by atoms with van der Waals surface area (Å²) in [5, 5.41) is 0. The predicted octanol–water partition coefficient (Wildman–Crippen LogP) is 3.66. The molecular weight excluding hydrogens is 265 g/mol. The van der Waals surface area contributed by atoms with Crippen LogP contribution in [0.15, 0.2) is 24.3 Å². The molecule has 20 heavy (non-hydrogen) atoms. The molecule has 114 valence electrons. The van der Waals surface area contributed by atoms with Crippen molar-refractivity contribution >= 4 is 0 Å². The van der Waals surface area contributed by atoms with Crippen LogP contribution in [0, 0.1) is 6.92 Å². The van der Waals surface area contributed by atoms with Crippen molar-refractivity contribution in [1.29, 1.82) is 0 Å². The van der Waals surface area contributed by atoms with E-state index in [0.29, 0.717) is 0 Å². The molecule has 0 aliphatic carbocycles. The Balaban J connectivity index is 3.19. The summed E-state index contributed by atoms with van der Waals surface area (Å²) in [6, 6.07) is 6.39. The fourth-order valence-corrected chi connectivity index (χ4v) is 2.49. The first kappa shape index (κ1) is 17.0. The molecule has 1 aromatic rings. The molecule has 0 bridgehead atoms. The molecule has 1 aromatic carbocycles. The molecule has 0 amide bonds. The monoisotopic (exact) mass is 288 g/mol. The summed E-state index contributed by atoms with van der Waals surface area (Å²) < 4.78 is 38.5. The number of rotatable bonds is 5. The van der Waals surface area contributed by atoms with Crippen LogP contribution in [-0.2, 0) is 0 Å². The number of nitrogens with zero attached hydrogens (tertiary/aromatic N) is 1. The van der Waals surface area contributed by atoms with Gasteiger partial charge in [-0.2, -0.15) is 13.2 Å². The maximum absolute atomic E-state index is 12.8. The number of hydrogen-bond donors (Lipinski definition) is 1. The molecule has 0 saturated carbocycles. The van der Waals surface area contributed by atoms with Crippen molar-refractivity contribution in [3.63, 3.8) is 0 Å². The van der Waals surface area contributed by atoms with E-state index in [2.05, 4.69) is 0 Å². The first-order chi connectivity index (χ1) is 9.13. The highest BCUT2D eigenvalue weighted by atomic mass is 19.4. The minimum atomic E-state index is -4.24. The standard InChI is InChI=1S/C15H23F3N2/c1-10(2)20(9-15(16,17)18)14(12(4)19)13-8-6-5-7-11(13)3/h5-8,10,12,14H,9,19H2,1-4H3. The van der Waals surface area contributed by atoms with Crippen molar-refractivity contribution in [3.8, 4) is 0 Å². The highest BCUT2D eigenvalue weighted by molar-refractivity contribution is 5.30. The van der Waals surface area contributed by atoms with E-state index in [1.54, 1.807) is 20.8 Å². The van der Waals surface area contributed by atoms with Gasteiger partial charge in [0.1, 0.15) is 0 Å². The van der Waals surface area contributed by atoms with E-state index in [1.807, 2.05) is 31.2 Å². The molecular formula is C15H23F3N2. The maximum atomic E-state index is 12.8. The number of nitrogens with two attached hydrogens (primary N) is 1. The van der Waals surface area contributed by atoms with E-state index in [9.17, 15) is 13.2 Å². The van der Waals surface area contributed by atoms with Gasteiger partial charge in [0.15, 0.2) is 0 Å². The first-order valence-corrected chi connectivity index (χ1v) is 6.77. The minimum Gasteiger partial charge on any atom is -0.326 e. The van der Waals surface area contributed by atoms with Crippen LogP contribution in [0.2, 0.25) is 0 Å². The maximum Gasteiger partial charge on any atom is 0.401 e. The van der Waals surface area contributed by atoms with Gasteiger partial charge in [-0.15, -0.1) is 0 Å². The molecule has 0 aliphatic rings. The fourth-order valence-electron chi connectivity index (χ4n) is 2.49. The van der Waals surface area contributed by atoms with Crippen LogP contribution in [0.25, 0.3) is 0 Å². The molecule has 0 aliphatic heterocycles. The normalized spacial score (nSPS) is 15.7. The molecule has 0 aromatic heterocycles. The molecule has 1 rings (SSSR count). The van der Waals surface area contributed by atoms with Crippen molar-refractivity contribution in [2.24, 2.45) is 5.73 Å².